The zero-order valence-corrected chi connectivity index (χ0v) is 11.9. The van der Waals surface area contributed by atoms with Gasteiger partial charge in [-0.1, -0.05) is 26.8 Å². The molecule has 0 radical (unpaired) electrons. The Morgan fingerprint density at radius 3 is 2.33 bits per heavy atom. The van der Waals surface area contributed by atoms with E-state index in [4.69, 9.17) is 0 Å². The highest BCUT2D eigenvalue weighted by Gasteiger charge is 2.27. The molecule has 1 rings (SSSR count). The molecule has 0 unspecified atom stereocenters. The normalized spacial score (nSPS) is 12.3. The zero-order valence-electron chi connectivity index (χ0n) is 11.9. The number of hydrogen-bond donors (Lipinski definition) is 2. The second kappa shape index (κ2) is 5.01. The van der Waals surface area contributed by atoms with E-state index in [0.29, 0.717) is 5.56 Å². The van der Waals surface area contributed by atoms with Gasteiger partial charge in [-0.3, -0.25) is 4.79 Å². The van der Waals surface area contributed by atoms with Gasteiger partial charge in [0, 0.05) is 11.1 Å². The maximum absolute atomic E-state index is 12.1. The summed E-state index contributed by atoms with van der Waals surface area (Å²) in [6.45, 7) is 10.5. The number of carbonyl (C=O) groups is 1. The summed E-state index contributed by atoms with van der Waals surface area (Å²) in [5, 5.41) is 12.4. The van der Waals surface area contributed by atoms with Crippen LogP contribution in [0.3, 0.4) is 0 Å². The molecule has 1 amide bonds. The maximum Gasteiger partial charge on any atom is 0.251 e. The van der Waals surface area contributed by atoms with Crippen molar-refractivity contribution in [3.63, 3.8) is 0 Å². The highest BCUT2D eigenvalue weighted by Crippen LogP contribution is 2.27. The molecule has 2 N–H and O–H groups in total. The van der Waals surface area contributed by atoms with E-state index in [2.05, 4.69) is 26.1 Å². The molecule has 0 heterocycles. The van der Waals surface area contributed by atoms with Gasteiger partial charge < -0.3 is 10.4 Å². The van der Waals surface area contributed by atoms with Gasteiger partial charge in [-0.05, 0) is 43.9 Å². The van der Waals surface area contributed by atoms with Crippen LogP contribution in [0.4, 0.5) is 0 Å². The molecule has 0 aliphatic carbocycles. The summed E-state index contributed by atoms with van der Waals surface area (Å²) in [5.41, 5.74) is 0.355. The lowest BCUT2D eigenvalue weighted by Crippen LogP contribution is -2.45. The summed E-state index contributed by atoms with van der Waals surface area (Å²) < 4.78 is 0. The van der Waals surface area contributed by atoms with Crippen LogP contribution in [0, 0.1) is 5.41 Å². The zero-order chi connectivity index (χ0) is 14.0. The van der Waals surface area contributed by atoms with Crippen LogP contribution in [0.1, 0.15) is 51.4 Å². The minimum absolute atomic E-state index is 0.108. The summed E-state index contributed by atoms with van der Waals surface area (Å²) >= 11 is 0. The van der Waals surface area contributed by atoms with Crippen molar-refractivity contribution in [3.8, 4) is 5.75 Å². The van der Waals surface area contributed by atoms with E-state index in [-0.39, 0.29) is 22.6 Å². The number of phenols is 1. The Morgan fingerprint density at radius 1 is 1.22 bits per heavy atom. The van der Waals surface area contributed by atoms with Crippen molar-refractivity contribution >= 4 is 5.91 Å². The van der Waals surface area contributed by atoms with Gasteiger partial charge in [-0.15, -0.1) is 0 Å². The molecular weight excluding hydrogens is 226 g/mol. The number of carbonyl (C=O) groups excluding carboxylic acids is 1. The Balaban J connectivity index is 2.75. The first-order chi connectivity index (χ1) is 8.09. The van der Waals surface area contributed by atoms with Crippen molar-refractivity contribution < 1.29 is 9.90 Å². The summed E-state index contributed by atoms with van der Waals surface area (Å²) in [6, 6.07) is 6.39. The Hall–Kier alpha value is -1.51. The number of nitrogens with one attached hydrogen (secondary N) is 1. The molecule has 0 aromatic heterocycles. The lowest BCUT2D eigenvalue weighted by atomic mass is 9.81. The van der Waals surface area contributed by atoms with Crippen molar-refractivity contribution in [3.05, 3.63) is 29.8 Å². The molecule has 0 aliphatic rings. The second-order valence-electron chi connectivity index (χ2n) is 6.63. The van der Waals surface area contributed by atoms with Crippen molar-refractivity contribution in [1.29, 1.82) is 0 Å². The van der Waals surface area contributed by atoms with Crippen molar-refractivity contribution in [2.45, 2.75) is 46.6 Å². The number of hydrogen-bond acceptors (Lipinski definition) is 2. The molecule has 0 saturated carbocycles. The Kier molecular flexibility index (Phi) is 4.05. The Bertz CT molecular complexity index is 430. The predicted molar refractivity (Wildman–Crippen MR) is 73.7 cm³/mol. The molecule has 1 aromatic rings. The van der Waals surface area contributed by atoms with E-state index < -0.39 is 0 Å². The molecule has 3 heteroatoms. The van der Waals surface area contributed by atoms with E-state index in [1.807, 2.05) is 13.8 Å². The number of phenolic OH excluding ortho intramolecular Hbond substituents is 1. The second-order valence-corrected chi connectivity index (χ2v) is 6.63. The van der Waals surface area contributed by atoms with Crippen LogP contribution >= 0.6 is 0 Å². The lowest BCUT2D eigenvalue weighted by Gasteiger charge is -2.33. The fourth-order valence-corrected chi connectivity index (χ4v) is 2.40. The molecule has 0 fully saturated rings. The number of benzene rings is 1. The van der Waals surface area contributed by atoms with Crippen LogP contribution in [0.25, 0.3) is 0 Å². The molecule has 18 heavy (non-hydrogen) atoms. The molecular formula is C15H23NO2. The first kappa shape index (κ1) is 14.6. The molecule has 0 bridgehead atoms. The molecule has 0 aliphatic heterocycles. The fourth-order valence-electron chi connectivity index (χ4n) is 2.40. The first-order valence-corrected chi connectivity index (χ1v) is 6.21. The van der Waals surface area contributed by atoms with Gasteiger partial charge in [0.1, 0.15) is 5.75 Å². The standard InChI is InChI=1S/C15H23NO2/c1-14(2,3)10-15(4,5)16-13(18)11-7-6-8-12(17)9-11/h6-9,17H,10H2,1-5H3,(H,16,18). The van der Waals surface area contributed by atoms with E-state index in [1.54, 1.807) is 18.2 Å². The van der Waals surface area contributed by atoms with Crippen LogP contribution < -0.4 is 5.32 Å². The average Bonchev–Trinajstić information content (AvgIpc) is 2.12. The van der Waals surface area contributed by atoms with E-state index in [9.17, 15) is 9.90 Å². The SMILES string of the molecule is CC(C)(C)CC(C)(C)NC(=O)c1cccc(O)c1. The van der Waals surface area contributed by atoms with E-state index in [1.165, 1.54) is 6.07 Å². The first-order valence-electron chi connectivity index (χ1n) is 6.21. The molecule has 0 saturated heterocycles. The van der Waals surface area contributed by atoms with Gasteiger partial charge in [-0.2, -0.15) is 0 Å². The molecule has 100 valence electrons. The van der Waals surface area contributed by atoms with Gasteiger partial charge in [0.05, 0.1) is 0 Å². The van der Waals surface area contributed by atoms with Crippen LogP contribution in [0.2, 0.25) is 0 Å². The average molecular weight is 249 g/mol. The van der Waals surface area contributed by atoms with Crippen molar-refractivity contribution in [2.24, 2.45) is 5.41 Å². The third-order valence-corrected chi connectivity index (χ3v) is 2.53. The van der Waals surface area contributed by atoms with Crippen LogP contribution in [-0.2, 0) is 0 Å². The van der Waals surface area contributed by atoms with Crippen LogP contribution in [0.15, 0.2) is 24.3 Å². The van der Waals surface area contributed by atoms with Gasteiger partial charge in [-0.25, -0.2) is 0 Å². The quantitative estimate of drug-likeness (QED) is 0.863. The summed E-state index contributed by atoms with van der Waals surface area (Å²) in [6.07, 6.45) is 0.880. The number of rotatable bonds is 3. The van der Waals surface area contributed by atoms with Gasteiger partial charge >= 0.3 is 0 Å². The third kappa shape index (κ3) is 4.78. The minimum atomic E-state index is -0.277. The number of amides is 1. The largest absolute Gasteiger partial charge is 0.508 e. The Labute approximate surface area is 109 Å². The van der Waals surface area contributed by atoms with E-state index in [0.717, 1.165) is 6.42 Å². The summed E-state index contributed by atoms with van der Waals surface area (Å²) in [7, 11) is 0. The lowest BCUT2D eigenvalue weighted by molar-refractivity contribution is 0.0891. The molecule has 3 nitrogen and oxygen atoms in total. The smallest absolute Gasteiger partial charge is 0.251 e. The Morgan fingerprint density at radius 2 is 1.83 bits per heavy atom. The van der Waals surface area contributed by atoms with Gasteiger partial charge in [0.15, 0.2) is 0 Å². The summed E-state index contributed by atoms with van der Waals surface area (Å²) in [4.78, 5) is 12.1. The summed E-state index contributed by atoms with van der Waals surface area (Å²) in [5.74, 6) is -0.0450. The highest BCUT2D eigenvalue weighted by atomic mass is 16.3. The number of aromatic hydroxyl groups is 1. The van der Waals surface area contributed by atoms with Crippen molar-refractivity contribution in [1.82, 2.24) is 5.32 Å². The van der Waals surface area contributed by atoms with Crippen LogP contribution in [0.5, 0.6) is 5.75 Å². The molecule has 0 atom stereocenters. The predicted octanol–water partition coefficient (Wildman–Crippen LogP) is 3.34. The van der Waals surface area contributed by atoms with Crippen molar-refractivity contribution in [2.75, 3.05) is 0 Å². The van der Waals surface area contributed by atoms with Gasteiger partial charge in [0.25, 0.3) is 5.91 Å². The molecule has 1 aromatic carbocycles. The fraction of sp³-hybridized carbons (Fsp3) is 0.533. The third-order valence-electron chi connectivity index (χ3n) is 2.53. The topological polar surface area (TPSA) is 49.3 Å². The minimum Gasteiger partial charge on any atom is -0.508 e. The van der Waals surface area contributed by atoms with E-state index >= 15 is 0 Å². The molecule has 0 spiro atoms. The van der Waals surface area contributed by atoms with Crippen LogP contribution in [-0.4, -0.2) is 16.6 Å². The monoisotopic (exact) mass is 249 g/mol. The van der Waals surface area contributed by atoms with Gasteiger partial charge in [0.2, 0.25) is 0 Å². The highest BCUT2D eigenvalue weighted by molar-refractivity contribution is 5.95. The maximum atomic E-state index is 12.1.